The molecule has 3 heteroatoms. The predicted octanol–water partition coefficient (Wildman–Crippen LogP) is 2.24. The first kappa shape index (κ1) is 12.5. The van der Waals surface area contributed by atoms with E-state index in [0.29, 0.717) is 0 Å². The van der Waals surface area contributed by atoms with Crippen LogP contribution in [0.2, 0.25) is 0 Å². The van der Waals surface area contributed by atoms with Crippen LogP contribution >= 0.6 is 0 Å². The molecule has 0 aliphatic heterocycles. The maximum atomic E-state index is 11.8. The maximum absolute atomic E-state index is 11.8. The molecule has 0 aromatic rings. The summed E-state index contributed by atoms with van der Waals surface area (Å²) in [4.78, 5) is 11.8. The van der Waals surface area contributed by atoms with Crippen LogP contribution in [0.3, 0.4) is 0 Å². The fraction of sp³-hybridized carbons (Fsp3) is 0.917. The van der Waals surface area contributed by atoms with Crippen LogP contribution in [0.15, 0.2) is 0 Å². The summed E-state index contributed by atoms with van der Waals surface area (Å²) in [6, 6.07) is 0. The van der Waals surface area contributed by atoms with Gasteiger partial charge in [0.1, 0.15) is 5.60 Å². The zero-order chi connectivity index (χ0) is 11.7. The molecule has 88 valence electrons. The average Bonchev–Trinajstić information content (AvgIpc) is 2.00. The van der Waals surface area contributed by atoms with Crippen molar-refractivity contribution in [3.63, 3.8) is 0 Å². The summed E-state index contributed by atoms with van der Waals surface area (Å²) in [6.45, 7) is 7.76. The minimum atomic E-state index is -0.374. The quantitative estimate of drug-likeness (QED) is 0.680. The average molecular weight is 213 g/mol. The Bertz CT molecular complexity index is 230. The Morgan fingerprint density at radius 2 is 1.80 bits per heavy atom. The molecule has 0 spiro atoms. The summed E-state index contributed by atoms with van der Waals surface area (Å²) in [5.74, 6) is -0.00106. The summed E-state index contributed by atoms with van der Waals surface area (Å²) in [5, 5.41) is 0. The standard InChI is InChI=1S/C12H23NO2/c1-11(2,3)15-10(14)9-5-7-12(4,13)8-6-9/h9H,5-8,13H2,1-4H3. The number of carbonyl (C=O) groups is 1. The summed E-state index contributed by atoms with van der Waals surface area (Å²) < 4.78 is 5.37. The van der Waals surface area contributed by atoms with E-state index in [0.717, 1.165) is 25.7 Å². The highest BCUT2D eigenvalue weighted by Crippen LogP contribution is 2.31. The monoisotopic (exact) mass is 213 g/mol. The predicted molar refractivity (Wildman–Crippen MR) is 60.4 cm³/mol. The molecule has 1 fully saturated rings. The van der Waals surface area contributed by atoms with Crippen LogP contribution in [-0.2, 0) is 9.53 Å². The number of ether oxygens (including phenoxy) is 1. The molecule has 1 aliphatic rings. The van der Waals surface area contributed by atoms with Crippen molar-refractivity contribution in [1.29, 1.82) is 0 Å². The van der Waals surface area contributed by atoms with Gasteiger partial charge in [0, 0.05) is 5.54 Å². The summed E-state index contributed by atoms with van der Waals surface area (Å²) in [5.41, 5.74) is 5.56. The normalized spacial score (nSPS) is 32.5. The van der Waals surface area contributed by atoms with Crippen molar-refractivity contribution in [3.05, 3.63) is 0 Å². The van der Waals surface area contributed by atoms with Crippen LogP contribution in [0.25, 0.3) is 0 Å². The molecule has 1 saturated carbocycles. The highest BCUT2D eigenvalue weighted by Gasteiger charge is 2.33. The van der Waals surface area contributed by atoms with Gasteiger partial charge in [-0.3, -0.25) is 4.79 Å². The third-order valence-corrected chi connectivity index (χ3v) is 2.87. The highest BCUT2D eigenvalue weighted by molar-refractivity contribution is 5.73. The van der Waals surface area contributed by atoms with E-state index in [2.05, 4.69) is 6.92 Å². The molecule has 3 nitrogen and oxygen atoms in total. The van der Waals surface area contributed by atoms with E-state index in [9.17, 15) is 4.79 Å². The first-order valence-corrected chi connectivity index (χ1v) is 5.71. The highest BCUT2D eigenvalue weighted by atomic mass is 16.6. The van der Waals surface area contributed by atoms with E-state index in [1.54, 1.807) is 0 Å². The third-order valence-electron chi connectivity index (χ3n) is 2.87. The van der Waals surface area contributed by atoms with Gasteiger partial charge in [-0.25, -0.2) is 0 Å². The largest absolute Gasteiger partial charge is 0.460 e. The number of hydrogen-bond donors (Lipinski definition) is 1. The van der Waals surface area contributed by atoms with Crippen LogP contribution in [0, 0.1) is 5.92 Å². The van der Waals surface area contributed by atoms with Crippen molar-refractivity contribution in [1.82, 2.24) is 0 Å². The van der Waals surface area contributed by atoms with Gasteiger partial charge in [-0.2, -0.15) is 0 Å². The van der Waals surface area contributed by atoms with E-state index in [4.69, 9.17) is 10.5 Å². The van der Waals surface area contributed by atoms with Gasteiger partial charge in [-0.05, 0) is 53.4 Å². The van der Waals surface area contributed by atoms with Crippen LogP contribution in [0.5, 0.6) is 0 Å². The molecule has 0 radical (unpaired) electrons. The number of hydrogen-bond acceptors (Lipinski definition) is 3. The summed E-state index contributed by atoms with van der Waals surface area (Å²) in [7, 11) is 0. The number of nitrogens with two attached hydrogens (primary N) is 1. The second kappa shape index (κ2) is 4.12. The zero-order valence-electron chi connectivity index (χ0n) is 10.3. The van der Waals surface area contributed by atoms with Crippen molar-refractivity contribution in [2.75, 3.05) is 0 Å². The molecule has 0 amide bonds. The van der Waals surface area contributed by atoms with Crippen LogP contribution in [-0.4, -0.2) is 17.1 Å². The molecule has 0 aromatic heterocycles. The molecule has 0 bridgehead atoms. The molecule has 0 aromatic carbocycles. The van der Waals surface area contributed by atoms with Crippen molar-refractivity contribution in [2.45, 2.75) is 64.5 Å². The Balaban J connectivity index is 2.44. The second-order valence-corrected chi connectivity index (χ2v) is 5.96. The molecule has 1 rings (SSSR count). The van der Waals surface area contributed by atoms with Crippen molar-refractivity contribution >= 4 is 5.97 Å². The lowest BCUT2D eigenvalue weighted by atomic mass is 9.78. The lowest BCUT2D eigenvalue weighted by molar-refractivity contribution is -0.161. The Hall–Kier alpha value is -0.570. The van der Waals surface area contributed by atoms with Gasteiger partial charge in [-0.1, -0.05) is 0 Å². The Morgan fingerprint density at radius 3 is 2.20 bits per heavy atom. The molecule has 1 aliphatic carbocycles. The molecule has 2 N–H and O–H groups in total. The molecule has 0 heterocycles. The fourth-order valence-electron chi connectivity index (χ4n) is 1.90. The number of esters is 1. The van der Waals surface area contributed by atoms with Crippen molar-refractivity contribution in [2.24, 2.45) is 11.7 Å². The molecular weight excluding hydrogens is 190 g/mol. The Morgan fingerprint density at radius 1 is 1.33 bits per heavy atom. The second-order valence-electron chi connectivity index (χ2n) is 5.96. The lowest BCUT2D eigenvalue weighted by Crippen LogP contribution is -2.42. The van der Waals surface area contributed by atoms with Gasteiger partial charge in [0.05, 0.1) is 5.92 Å². The number of carbonyl (C=O) groups excluding carboxylic acids is 1. The topological polar surface area (TPSA) is 52.3 Å². The smallest absolute Gasteiger partial charge is 0.309 e. The van der Waals surface area contributed by atoms with Crippen molar-refractivity contribution < 1.29 is 9.53 Å². The molecule has 0 unspecified atom stereocenters. The zero-order valence-corrected chi connectivity index (χ0v) is 10.3. The minimum absolute atomic E-state index is 0.0563. The maximum Gasteiger partial charge on any atom is 0.309 e. The van der Waals surface area contributed by atoms with E-state index in [-0.39, 0.29) is 23.0 Å². The van der Waals surface area contributed by atoms with Crippen molar-refractivity contribution in [3.8, 4) is 0 Å². The molecule has 0 atom stereocenters. The van der Waals surface area contributed by atoms with E-state index < -0.39 is 0 Å². The van der Waals surface area contributed by atoms with Crippen LogP contribution < -0.4 is 5.73 Å². The molecular formula is C12H23NO2. The molecule has 15 heavy (non-hydrogen) atoms. The summed E-state index contributed by atoms with van der Waals surface area (Å²) in [6.07, 6.45) is 3.55. The Labute approximate surface area is 92.4 Å². The summed E-state index contributed by atoms with van der Waals surface area (Å²) >= 11 is 0. The molecule has 0 saturated heterocycles. The van der Waals surface area contributed by atoms with Gasteiger partial charge in [0.2, 0.25) is 0 Å². The third kappa shape index (κ3) is 4.20. The first-order chi connectivity index (χ1) is 6.70. The lowest BCUT2D eigenvalue weighted by Gasteiger charge is -2.34. The SMILES string of the molecule is CC1(N)CCC(C(=O)OC(C)(C)C)CC1. The number of rotatable bonds is 1. The van der Waals surface area contributed by atoms with Gasteiger partial charge < -0.3 is 10.5 Å². The van der Waals surface area contributed by atoms with E-state index in [1.165, 1.54) is 0 Å². The Kier molecular flexibility index (Phi) is 3.44. The van der Waals surface area contributed by atoms with Crippen LogP contribution in [0.4, 0.5) is 0 Å². The van der Waals surface area contributed by atoms with Gasteiger partial charge in [0.15, 0.2) is 0 Å². The van der Waals surface area contributed by atoms with E-state index in [1.807, 2.05) is 20.8 Å². The van der Waals surface area contributed by atoms with Gasteiger partial charge in [0.25, 0.3) is 0 Å². The first-order valence-electron chi connectivity index (χ1n) is 5.71. The minimum Gasteiger partial charge on any atom is -0.460 e. The van der Waals surface area contributed by atoms with E-state index >= 15 is 0 Å². The van der Waals surface area contributed by atoms with Crippen LogP contribution in [0.1, 0.15) is 53.4 Å². The fourth-order valence-corrected chi connectivity index (χ4v) is 1.90. The van der Waals surface area contributed by atoms with Gasteiger partial charge in [-0.15, -0.1) is 0 Å². The van der Waals surface area contributed by atoms with Gasteiger partial charge >= 0.3 is 5.97 Å².